The van der Waals surface area contributed by atoms with Crippen molar-refractivity contribution >= 4 is 12.0 Å². The molecule has 0 aromatic carbocycles. The van der Waals surface area contributed by atoms with E-state index >= 15 is 0 Å². The summed E-state index contributed by atoms with van der Waals surface area (Å²) >= 11 is 0. The highest BCUT2D eigenvalue weighted by atomic mass is 16.4. The molecule has 0 radical (unpaired) electrons. The summed E-state index contributed by atoms with van der Waals surface area (Å²) in [4.78, 5) is 27.0. The minimum atomic E-state index is -1.16. The summed E-state index contributed by atoms with van der Waals surface area (Å²) in [6, 6.07) is -0.170. The van der Waals surface area contributed by atoms with Crippen molar-refractivity contribution in [3.05, 3.63) is 0 Å². The first-order valence-corrected chi connectivity index (χ1v) is 7.51. The maximum atomic E-state index is 12.3. The minimum absolute atomic E-state index is 0.0271. The Balaban J connectivity index is 2.01. The molecule has 1 aliphatic carbocycles. The number of carboxylic acid groups (broad SMARTS) is 1. The molecule has 0 unspecified atom stereocenters. The fourth-order valence-corrected chi connectivity index (χ4v) is 3.61. The largest absolute Gasteiger partial charge is 0.465 e. The van der Waals surface area contributed by atoms with E-state index in [2.05, 4.69) is 10.2 Å². The second-order valence-corrected chi connectivity index (χ2v) is 6.26. The molecule has 3 N–H and O–H groups in total. The molecule has 120 valence electrons. The van der Waals surface area contributed by atoms with Crippen LogP contribution in [0.1, 0.15) is 25.7 Å². The van der Waals surface area contributed by atoms with Gasteiger partial charge in [-0.2, -0.15) is 0 Å². The standard InChI is InChI=1S/C14H25N3O4/c1-16(2)10-3-4-12(9(7-10)8-18)17-6-5-11(13(17)19)15-14(20)21/h9-12,15,18H,3-8H2,1-2H3,(H,20,21)/t9-,10+,11-,12-/m0/s1. The number of amides is 2. The fourth-order valence-electron chi connectivity index (χ4n) is 3.61. The number of hydrogen-bond acceptors (Lipinski definition) is 4. The van der Waals surface area contributed by atoms with E-state index in [9.17, 15) is 14.7 Å². The van der Waals surface area contributed by atoms with Crippen LogP contribution in [-0.4, -0.2) is 77.4 Å². The number of carbonyl (C=O) groups excluding carboxylic acids is 1. The van der Waals surface area contributed by atoms with Gasteiger partial charge >= 0.3 is 6.09 Å². The molecule has 2 aliphatic rings. The van der Waals surface area contributed by atoms with E-state index in [1.807, 2.05) is 14.1 Å². The zero-order valence-corrected chi connectivity index (χ0v) is 12.7. The van der Waals surface area contributed by atoms with Crippen molar-refractivity contribution in [3.8, 4) is 0 Å². The third-order valence-corrected chi connectivity index (χ3v) is 4.82. The Morgan fingerprint density at radius 1 is 1.38 bits per heavy atom. The minimum Gasteiger partial charge on any atom is -0.465 e. The first-order valence-electron chi connectivity index (χ1n) is 7.51. The molecule has 0 aromatic heterocycles. The van der Waals surface area contributed by atoms with Crippen LogP contribution in [0.2, 0.25) is 0 Å². The zero-order valence-electron chi connectivity index (χ0n) is 12.7. The van der Waals surface area contributed by atoms with Gasteiger partial charge in [-0.05, 0) is 39.8 Å². The van der Waals surface area contributed by atoms with E-state index in [1.165, 1.54) is 0 Å². The van der Waals surface area contributed by atoms with Crippen molar-refractivity contribution in [2.24, 2.45) is 5.92 Å². The van der Waals surface area contributed by atoms with Crippen molar-refractivity contribution in [2.45, 2.75) is 43.8 Å². The fraction of sp³-hybridized carbons (Fsp3) is 0.857. The van der Waals surface area contributed by atoms with Gasteiger partial charge in [0.15, 0.2) is 0 Å². The van der Waals surface area contributed by atoms with Crippen LogP contribution in [0.3, 0.4) is 0 Å². The average molecular weight is 299 g/mol. The zero-order chi connectivity index (χ0) is 15.6. The van der Waals surface area contributed by atoms with Crippen molar-refractivity contribution in [2.75, 3.05) is 27.2 Å². The van der Waals surface area contributed by atoms with Gasteiger partial charge in [0.2, 0.25) is 5.91 Å². The third kappa shape index (κ3) is 3.47. The number of hydrogen-bond donors (Lipinski definition) is 3. The van der Waals surface area contributed by atoms with Crippen molar-refractivity contribution in [3.63, 3.8) is 0 Å². The summed E-state index contributed by atoms with van der Waals surface area (Å²) in [7, 11) is 4.07. The van der Waals surface area contributed by atoms with Gasteiger partial charge in [-0.25, -0.2) is 4.79 Å². The number of nitrogens with one attached hydrogen (secondary N) is 1. The van der Waals surface area contributed by atoms with E-state index in [4.69, 9.17) is 5.11 Å². The topological polar surface area (TPSA) is 93.1 Å². The molecule has 1 saturated heterocycles. The molecule has 1 saturated carbocycles. The lowest BCUT2D eigenvalue weighted by Crippen LogP contribution is -2.51. The summed E-state index contributed by atoms with van der Waals surface area (Å²) in [5.41, 5.74) is 0. The second-order valence-electron chi connectivity index (χ2n) is 6.26. The number of aliphatic hydroxyl groups is 1. The SMILES string of the molecule is CN(C)[C@@H]1CC[C@H](N2CC[C@H](NC(=O)O)C2=O)[C@H](CO)C1. The summed E-state index contributed by atoms with van der Waals surface area (Å²) < 4.78 is 0. The monoisotopic (exact) mass is 299 g/mol. The van der Waals surface area contributed by atoms with Gasteiger partial charge in [0.1, 0.15) is 6.04 Å². The molecule has 0 spiro atoms. The van der Waals surface area contributed by atoms with Gasteiger partial charge in [-0.3, -0.25) is 4.79 Å². The summed E-state index contributed by atoms with van der Waals surface area (Å²) in [6.45, 7) is 0.632. The van der Waals surface area contributed by atoms with Gasteiger partial charge < -0.3 is 25.3 Å². The highest BCUT2D eigenvalue weighted by Gasteiger charge is 2.42. The quantitative estimate of drug-likeness (QED) is 0.676. The Labute approximate surface area is 124 Å². The first kappa shape index (κ1) is 16.0. The maximum absolute atomic E-state index is 12.3. The Kier molecular flexibility index (Phi) is 5.05. The normalized spacial score (nSPS) is 33.5. The molecule has 0 aromatic rings. The van der Waals surface area contributed by atoms with Crippen LogP contribution in [0.5, 0.6) is 0 Å². The van der Waals surface area contributed by atoms with Crippen molar-refractivity contribution < 1.29 is 19.8 Å². The molecule has 2 fully saturated rings. The van der Waals surface area contributed by atoms with E-state index in [0.29, 0.717) is 19.0 Å². The Morgan fingerprint density at radius 3 is 2.67 bits per heavy atom. The Hall–Kier alpha value is -1.34. The molecular formula is C14H25N3O4. The number of nitrogens with zero attached hydrogens (tertiary/aromatic N) is 2. The van der Waals surface area contributed by atoms with Crippen LogP contribution < -0.4 is 5.32 Å². The lowest BCUT2D eigenvalue weighted by atomic mass is 9.80. The highest BCUT2D eigenvalue weighted by molar-refractivity contribution is 5.87. The van der Waals surface area contributed by atoms with Crippen LogP contribution in [0, 0.1) is 5.92 Å². The first-order chi connectivity index (χ1) is 9.93. The molecule has 1 aliphatic heterocycles. The van der Waals surface area contributed by atoms with Gasteiger partial charge in [-0.15, -0.1) is 0 Å². The van der Waals surface area contributed by atoms with E-state index < -0.39 is 12.1 Å². The average Bonchev–Trinajstić information content (AvgIpc) is 2.78. The van der Waals surface area contributed by atoms with Crippen molar-refractivity contribution in [1.82, 2.24) is 15.1 Å². The maximum Gasteiger partial charge on any atom is 0.405 e. The van der Waals surface area contributed by atoms with Gasteiger partial charge in [0, 0.05) is 31.2 Å². The molecule has 7 heteroatoms. The van der Waals surface area contributed by atoms with Crippen LogP contribution in [-0.2, 0) is 4.79 Å². The van der Waals surface area contributed by atoms with Crippen LogP contribution in [0.4, 0.5) is 4.79 Å². The van der Waals surface area contributed by atoms with Crippen LogP contribution in [0.25, 0.3) is 0 Å². The number of carbonyl (C=O) groups is 2. The molecule has 2 amide bonds. The smallest absolute Gasteiger partial charge is 0.405 e. The Morgan fingerprint density at radius 2 is 2.10 bits per heavy atom. The lowest BCUT2D eigenvalue weighted by molar-refractivity contribution is -0.133. The third-order valence-electron chi connectivity index (χ3n) is 4.82. The summed E-state index contributed by atoms with van der Waals surface area (Å²) in [5, 5.41) is 20.7. The van der Waals surface area contributed by atoms with Gasteiger partial charge in [-0.1, -0.05) is 0 Å². The van der Waals surface area contributed by atoms with Crippen LogP contribution >= 0.6 is 0 Å². The highest BCUT2D eigenvalue weighted by Crippen LogP contribution is 2.32. The molecule has 2 rings (SSSR count). The number of aliphatic hydroxyl groups excluding tert-OH is 1. The summed E-state index contributed by atoms with van der Waals surface area (Å²) in [6.07, 6.45) is 2.07. The number of rotatable bonds is 4. The molecule has 7 nitrogen and oxygen atoms in total. The summed E-state index contributed by atoms with van der Waals surface area (Å²) in [5.74, 6) is -0.0807. The Bertz CT molecular complexity index is 402. The molecule has 4 atom stereocenters. The lowest BCUT2D eigenvalue weighted by Gasteiger charge is -2.42. The van der Waals surface area contributed by atoms with E-state index in [-0.39, 0.29) is 24.5 Å². The second kappa shape index (κ2) is 6.62. The number of likely N-dealkylation sites (tertiary alicyclic amines) is 1. The van der Waals surface area contributed by atoms with E-state index in [1.54, 1.807) is 4.90 Å². The predicted octanol–water partition coefficient (Wildman–Crippen LogP) is -0.0539. The van der Waals surface area contributed by atoms with Gasteiger partial charge in [0.05, 0.1) is 0 Å². The predicted molar refractivity (Wildman–Crippen MR) is 77.0 cm³/mol. The molecule has 1 heterocycles. The molecule has 0 bridgehead atoms. The van der Waals surface area contributed by atoms with E-state index in [0.717, 1.165) is 19.3 Å². The molecular weight excluding hydrogens is 274 g/mol. The molecule has 21 heavy (non-hydrogen) atoms. The van der Waals surface area contributed by atoms with Gasteiger partial charge in [0.25, 0.3) is 0 Å². The van der Waals surface area contributed by atoms with Crippen molar-refractivity contribution in [1.29, 1.82) is 0 Å². The van der Waals surface area contributed by atoms with Crippen LogP contribution in [0.15, 0.2) is 0 Å².